The number of ether oxygens (including phenoxy) is 1. The molecule has 1 atom stereocenters. The number of benzene rings is 1. The minimum absolute atomic E-state index is 0.155. The number of carbonyl (C=O) groups is 1. The summed E-state index contributed by atoms with van der Waals surface area (Å²) in [5.74, 6) is 0.661. The van der Waals surface area contributed by atoms with Crippen LogP contribution in [-0.2, 0) is 4.79 Å². The Morgan fingerprint density at radius 2 is 1.88 bits per heavy atom. The van der Waals surface area contributed by atoms with Gasteiger partial charge in [0.2, 0.25) is 5.91 Å². The summed E-state index contributed by atoms with van der Waals surface area (Å²) in [6, 6.07) is 7.47. The first kappa shape index (κ1) is 19.7. The monoisotopic (exact) mass is 348 g/mol. The van der Waals surface area contributed by atoms with Crippen molar-refractivity contribution in [2.75, 3.05) is 51.7 Å². The molecule has 0 bridgehead atoms. The van der Waals surface area contributed by atoms with Gasteiger partial charge in [0, 0.05) is 38.4 Å². The van der Waals surface area contributed by atoms with Crippen molar-refractivity contribution in [3.05, 3.63) is 24.3 Å². The van der Waals surface area contributed by atoms with E-state index in [1.54, 1.807) is 6.92 Å². The highest BCUT2D eigenvalue weighted by molar-refractivity contribution is 5.97. The largest absolute Gasteiger partial charge is 0.492 e. The average molecular weight is 348 g/mol. The summed E-state index contributed by atoms with van der Waals surface area (Å²) in [7, 11) is 2.16. The summed E-state index contributed by atoms with van der Waals surface area (Å²) in [4.78, 5) is 17.0. The number of rotatable bonds is 8. The Morgan fingerprint density at radius 1 is 1.24 bits per heavy atom. The first-order valence-electron chi connectivity index (χ1n) is 9.15. The lowest BCUT2D eigenvalue weighted by atomic mass is 9.96. The van der Waals surface area contributed by atoms with Crippen molar-refractivity contribution in [2.45, 2.75) is 32.2 Å². The van der Waals surface area contributed by atoms with Gasteiger partial charge in [0.1, 0.15) is 12.4 Å². The summed E-state index contributed by atoms with van der Waals surface area (Å²) in [5.41, 5.74) is 5.95. The smallest absolute Gasteiger partial charge is 0.244 e. The third-order valence-corrected chi connectivity index (χ3v) is 4.67. The lowest BCUT2D eigenvalue weighted by Crippen LogP contribution is -2.48. The molecule has 1 heterocycles. The zero-order valence-electron chi connectivity index (χ0n) is 15.8. The number of amides is 1. The molecule has 25 heavy (non-hydrogen) atoms. The molecule has 1 aliphatic heterocycles. The van der Waals surface area contributed by atoms with E-state index in [4.69, 9.17) is 10.5 Å². The molecule has 6 heteroatoms. The molecule has 2 rings (SSSR count). The fraction of sp³-hybridized carbons (Fsp3) is 0.632. The van der Waals surface area contributed by atoms with Crippen LogP contribution in [0.1, 0.15) is 26.7 Å². The van der Waals surface area contributed by atoms with Crippen LogP contribution in [0.3, 0.4) is 0 Å². The number of likely N-dealkylation sites (N-methyl/N-ethyl adjacent to an activating group) is 1. The highest BCUT2D eigenvalue weighted by atomic mass is 16.5. The van der Waals surface area contributed by atoms with E-state index < -0.39 is 5.54 Å². The van der Waals surface area contributed by atoms with Gasteiger partial charge < -0.3 is 20.7 Å². The minimum Gasteiger partial charge on any atom is -0.492 e. The standard InChI is InChI=1S/C19H32N4O2/c1-4-9-19(2,20)18(24)21-16-5-7-17(8-6-16)25-15-14-23-12-10-22(3)11-13-23/h5-8H,4,9-15,20H2,1-3H3,(H,21,24). The summed E-state index contributed by atoms with van der Waals surface area (Å²) in [6.07, 6.45) is 1.53. The van der Waals surface area contributed by atoms with Gasteiger partial charge in [0.25, 0.3) is 0 Å². The quantitative estimate of drug-likeness (QED) is 0.749. The van der Waals surface area contributed by atoms with E-state index in [1.807, 2.05) is 31.2 Å². The molecule has 1 aromatic carbocycles. The molecule has 140 valence electrons. The SMILES string of the molecule is CCCC(C)(N)C(=O)Nc1ccc(OCCN2CCN(C)CC2)cc1. The predicted octanol–water partition coefficient (Wildman–Crippen LogP) is 1.77. The summed E-state index contributed by atoms with van der Waals surface area (Å²) in [6.45, 7) is 9.83. The number of nitrogens with one attached hydrogen (secondary N) is 1. The van der Waals surface area contributed by atoms with Crippen LogP contribution in [0.2, 0.25) is 0 Å². The maximum atomic E-state index is 12.2. The van der Waals surface area contributed by atoms with Crippen LogP contribution in [0.25, 0.3) is 0 Å². The van der Waals surface area contributed by atoms with E-state index in [1.165, 1.54) is 0 Å². The van der Waals surface area contributed by atoms with Crippen molar-refractivity contribution < 1.29 is 9.53 Å². The lowest BCUT2D eigenvalue weighted by molar-refractivity contribution is -0.120. The molecule has 3 N–H and O–H groups in total. The van der Waals surface area contributed by atoms with Gasteiger partial charge in [0.15, 0.2) is 0 Å². The molecular weight excluding hydrogens is 316 g/mol. The van der Waals surface area contributed by atoms with Gasteiger partial charge in [0.05, 0.1) is 5.54 Å². The Hall–Kier alpha value is -1.63. The molecule has 0 spiro atoms. The van der Waals surface area contributed by atoms with Crippen molar-refractivity contribution in [2.24, 2.45) is 5.73 Å². The molecule has 0 aliphatic carbocycles. The van der Waals surface area contributed by atoms with Crippen LogP contribution in [0.15, 0.2) is 24.3 Å². The van der Waals surface area contributed by atoms with Crippen molar-refractivity contribution in [3.63, 3.8) is 0 Å². The van der Waals surface area contributed by atoms with E-state index in [-0.39, 0.29) is 5.91 Å². The summed E-state index contributed by atoms with van der Waals surface area (Å²) < 4.78 is 5.81. The Labute approximate surface area is 151 Å². The van der Waals surface area contributed by atoms with Gasteiger partial charge in [-0.25, -0.2) is 0 Å². The molecule has 1 amide bonds. The van der Waals surface area contributed by atoms with E-state index in [0.29, 0.717) is 13.0 Å². The predicted molar refractivity (Wildman–Crippen MR) is 102 cm³/mol. The summed E-state index contributed by atoms with van der Waals surface area (Å²) in [5, 5.41) is 2.87. The van der Waals surface area contributed by atoms with Crippen LogP contribution in [0.4, 0.5) is 5.69 Å². The van der Waals surface area contributed by atoms with E-state index in [2.05, 4.69) is 22.2 Å². The van der Waals surface area contributed by atoms with Gasteiger partial charge in [-0.15, -0.1) is 0 Å². The normalized spacial score (nSPS) is 18.6. The lowest BCUT2D eigenvalue weighted by Gasteiger charge is -2.32. The molecule has 1 saturated heterocycles. The molecule has 0 saturated carbocycles. The Bertz CT molecular complexity index is 537. The number of piperazine rings is 1. The van der Waals surface area contributed by atoms with Crippen LogP contribution in [0, 0.1) is 0 Å². The molecule has 0 aromatic heterocycles. The number of hydrogen-bond acceptors (Lipinski definition) is 5. The first-order valence-corrected chi connectivity index (χ1v) is 9.15. The van der Waals surface area contributed by atoms with Crippen LogP contribution in [-0.4, -0.2) is 67.6 Å². The fourth-order valence-electron chi connectivity index (χ4n) is 2.91. The summed E-state index contributed by atoms with van der Waals surface area (Å²) >= 11 is 0. The van der Waals surface area contributed by atoms with E-state index in [0.717, 1.165) is 50.6 Å². The number of nitrogens with two attached hydrogens (primary N) is 1. The third kappa shape index (κ3) is 6.30. The maximum absolute atomic E-state index is 12.2. The zero-order valence-corrected chi connectivity index (χ0v) is 15.8. The van der Waals surface area contributed by atoms with Crippen molar-refractivity contribution >= 4 is 11.6 Å². The number of anilines is 1. The van der Waals surface area contributed by atoms with Gasteiger partial charge in [-0.1, -0.05) is 13.3 Å². The minimum atomic E-state index is -0.841. The van der Waals surface area contributed by atoms with Crippen molar-refractivity contribution in [1.29, 1.82) is 0 Å². The highest BCUT2D eigenvalue weighted by Crippen LogP contribution is 2.18. The Balaban J connectivity index is 1.75. The van der Waals surface area contributed by atoms with Crippen LogP contribution >= 0.6 is 0 Å². The molecular formula is C19H32N4O2. The molecule has 6 nitrogen and oxygen atoms in total. The molecule has 1 unspecified atom stereocenters. The Morgan fingerprint density at radius 3 is 2.48 bits per heavy atom. The molecule has 1 fully saturated rings. The van der Waals surface area contributed by atoms with Gasteiger partial charge in [-0.05, 0) is 44.7 Å². The maximum Gasteiger partial charge on any atom is 0.244 e. The van der Waals surface area contributed by atoms with Crippen LogP contribution in [0.5, 0.6) is 5.75 Å². The molecule has 1 aromatic rings. The number of hydrogen-bond donors (Lipinski definition) is 2. The molecule has 1 aliphatic rings. The second-order valence-electron chi connectivity index (χ2n) is 7.14. The second-order valence-corrected chi connectivity index (χ2v) is 7.14. The fourth-order valence-corrected chi connectivity index (χ4v) is 2.91. The zero-order chi connectivity index (χ0) is 18.3. The molecule has 0 radical (unpaired) electrons. The van der Waals surface area contributed by atoms with Gasteiger partial charge in [-0.2, -0.15) is 0 Å². The number of nitrogens with zero attached hydrogens (tertiary/aromatic N) is 2. The van der Waals surface area contributed by atoms with Gasteiger partial charge in [-0.3, -0.25) is 9.69 Å². The average Bonchev–Trinajstić information content (AvgIpc) is 2.58. The van der Waals surface area contributed by atoms with E-state index in [9.17, 15) is 4.79 Å². The van der Waals surface area contributed by atoms with Gasteiger partial charge >= 0.3 is 0 Å². The number of carbonyl (C=O) groups excluding carboxylic acids is 1. The second kappa shape index (κ2) is 9.17. The Kier molecular flexibility index (Phi) is 7.23. The van der Waals surface area contributed by atoms with E-state index >= 15 is 0 Å². The van der Waals surface area contributed by atoms with Crippen LogP contribution < -0.4 is 15.8 Å². The van der Waals surface area contributed by atoms with Crippen molar-refractivity contribution in [1.82, 2.24) is 9.80 Å². The van der Waals surface area contributed by atoms with Crippen molar-refractivity contribution in [3.8, 4) is 5.75 Å². The first-order chi connectivity index (χ1) is 11.9. The third-order valence-electron chi connectivity index (χ3n) is 4.67. The topological polar surface area (TPSA) is 70.8 Å². The highest BCUT2D eigenvalue weighted by Gasteiger charge is 2.27.